The van der Waals surface area contributed by atoms with Gasteiger partial charge in [0.25, 0.3) is 0 Å². The lowest BCUT2D eigenvalue weighted by atomic mass is 10.0. The molecule has 0 saturated heterocycles. The molecule has 1 aromatic carbocycles. The molecule has 5 nitrogen and oxygen atoms in total. The Hall–Kier alpha value is -1.98. The van der Waals surface area contributed by atoms with Crippen LogP contribution in [0.15, 0.2) is 34.7 Å². The molecule has 1 aliphatic rings. The zero-order valence-corrected chi connectivity index (χ0v) is 11.4. The standard InChI is InChI=1S/C15H18N2O3/c1-10-3-5-13(20-10)15(17-16)11-4-6-12-14(9-11)19-8-2-7-18-12/h3-6,9,15,17H,2,7-8,16H2,1H3. The molecule has 5 heteroatoms. The lowest BCUT2D eigenvalue weighted by Gasteiger charge is -2.16. The SMILES string of the molecule is Cc1ccc(C(NN)c2ccc3c(c2)OCCCO3)o1. The quantitative estimate of drug-likeness (QED) is 0.664. The molecule has 1 atom stereocenters. The third kappa shape index (κ3) is 2.50. The third-order valence-electron chi connectivity index (χ3n) is 3.32. The molecule has 2 heterocycles. The first-order valence-corrected chi connectivity index (χ1v) is 6.70. The molecule has 3 rings (SSSR count). The molecule has 0 spiro atoms. The smallest absolute Gasteiger partial charge is 0.161 e. The van der Waals surface area contributed by atoms with E-state index in [0.29, 0.717) is 13.2 Å². The number of hydrogen-bond acceptors (Lipinski definition) is 5. The summed E-state index contributed by atoms with van der Waals surface area (Å²) in [6.07, 6.45) is 0.889. The van der Waals surface area contributed by atoms with E-state index in [2.05, 4.69) is 5.43 Å². The van der Waals surface area contributed by atoms with Crippen molar-refractivity contribution in [2.75, 3.05) is 13.2 Å². The van der Waals surface area contributed by atoms with Gasteiger partial charge in [-0.15, -0.1) is 0 Å². The van der Waals surface area contributed by atoms with Gasteiger partial charge in [-0.1, -0.05) is 6.07 Å². The van der Waals surface area contributed by atoms with E-state index in [4.69, 9.17) is 19.7 Å². The van der Waals surface area contributed by atoms with Crippen molar-refractivity contribution in [2.45, 2.75) is 19.4 Å². The summed E-state index contributed by atoms with van der Waals surface area (Å²) in [5, 5.41) is 0. The van der Waals surface area contributed by atoms with E-state index in [1.165, 1.54) is 0 Å². The van der Waals surface area contributed by atoms with Crippen molar-refractivity contribution >= 4 is 0 Å². The van der Waals surface area contributed by atoms with Crippen LogP contribution in [0.4, 0.5) is 0 Å². The number of nitrogens with two attached hydrogens (primary N) is 1. The van der Waals surface area contributed by atoms with Crippen LogP contribution in [-0.2, 0) is 0 Å². The monoisotopic (exact) mass is 274 g/mol. The number of benzene rings is 1. The fourth-order valence-electron chi connectivity index (χ4n) is 2.31. The average Bonchev–Trinajstić information content (AvgIpc) is 2.75. The minimum atomic E-state index is -0.208. The van der Waals surface area contributed by atoms with Gasteiger partial charge in [0, 0.05) is 6.42 Å². The van der Waals surface area contributed by atoms with Gasteiger partial charge in [-0.25, -0.2) is 5.43 Å². The van der Waals surface area contributed by atoms with Crippen molar-refractivity contribution < 1.29 is 13.9 Å². The van der Waals surface area contributed by atoms with Crippen molar-refractivity contribution in [3.05, 3.63) is 47.4 Å². The highest BCUT2D eigenvalue weighted by Crippen LogP contribution is 2.34. The minimum absolute atomic E-state index is 0.208. The molecule has 0 amide bonds. The molecule has 0 saturated carbocycles. The number of hydrazine groups is 1. The average molecular weight is 274 g/mol. The third-order valence-corrected chi connectivity index (χ3v) is 3.32. The number of aryl methyl sites for hydroxylation is 1. The van der Waals surface area contributed by atoms with Crippen LogP contribution < -0.4 is 20.7 Å². The second-order valence-corrected chi connectivity index (χ2v) is 4.80. The fraction of sp³-hybridized carbons (Fsp3) is 0.333. The molecule has 106 valence electrons. The largest absolute Gasteiger partial charge is 0.490 e. The van der Waals surface area contributed by atoms with E-state index in [1.54, 1.807) is 0 Å². The van der Waals surface area contributed by atoms with Crippen LogP contribution in [0.5, 0.6) is 11.5 Å². The Morgan fingerprint density at radius 3 is 2.60 bits per heavy atom. The van der Waals surface area contributed by atoms with E-state index in [1.807, 2.05) is 37.3 Å². The summed E-state index contributed by atoms with van der Waals surface area (Å²) < 4.78 is 17.0. The first kappa shape index (κ1) is 13.0. The minimum Gasteiger partial charge on any atom is -0.490 e. The predicted octanol–water partition coefficient (Wildman–Crippen LogP) is 2.30. The van der Waals surface area contributed by atoms with Crippen molar-refractivity contribution in [3.63, 3.8) is 0 Å². The molecule has 2 aromatic rings. The Kier molecular flexibility index (Phi) is 3.62. The number of rotatable bonds is 3. The van der Waals surface area contributed by atoms with Crippen LogP contribution in [-0.4, -0.2) is 13.2 Å². The van der Waals surface area contributed by atoms with Crippen molar-refractivity contribution in [1.29, 1.82) is 0 Å². The van der Waals surface area contributed by atoms with Crippen LogP contribution in [0, 0.1) is 6.92 Å². The summed E-state index contributed by atoms with van der Waals surface area (Å²) in [5.41, 5.74) is 3.76. The van der Waals surface area contributed by atoms with Crippen molar-refractivity contribution in [3.8, 4) is 11.5 Å². The van der Waals surface area contributed by atoms with Crippen LogP contribution in [0.25, 0.3) is 0 Å². The maximum atomic E-state index is 5.70. The molecule has 0 aliphatic carbocycles. The summed E-state index contributed by atoms with van der Waals surface area (Å²) in [7, 11) is 0. The Bertz CT molecular complexity index is 595. The normalized spacial score (nSPS) is 15.7. The first-order chi connectivity index (χ1) is 9.78. The van der Waals surface area contributed by atoms with Gasteiger partial charge in [0.15, 0.2) is 11.5 Å². The molecule has 3 N–H and O–H groups in total. The maximum Gasteiger partial charge on any atom is 0.161 e. The van der Waals surface area contributed by atoms with E-state index in [9.17, 15) is 0 Å². The Labute approximate surface area is 117 Å². The number of hydrogen-bond donors (Lipinski definition) is 2. The van der Waals surface area contributed by atoms with E-state index < -0.39 is 0 Å². The number of furan rings is 1. The second-order valence-electron chi connectivity index (χ2n) is 4.80. The maximum absolute atomic E-state index is 5.70. The summed E-state index contributed by atoms with van der Waals surface area (Å²) in [6, 6.07) is 9.46. The lowest BCUT2D eigenvalue weighted by molar-refractivity contribution is 0.297. The molecular formula is C15H18N2O3. The van der Waals surface area contributed by atoms with Gasteiger partial charge < -0.3 is 13.9 Å². The van der Waals surface area contributed by atoms with Crippen LogP contribution in [0.2, 0.25) is 0 Å². The molecule has 0 fully saturated rings. The summed E-state index contributed by atoms with van der Waals surface area (Å²) >= 11 is 0. The van der Waals surface area contributed by atoms with Gasteiger partial charge in [0.1, 0.15) is 17.6 Å². The molecule has 1 aliphatic heterocycles. The number of nitrogens with one attached hydrogen (secondary N) is 1. The highest BCUT2D eigenvalue weighted by Gasteiger charge is 2.19. The van der Waals surface area contributed by atoms with Gasteiger partial charge in [-0.2, -0.15) is 0 Å². The topological polar surface area (TPSA) is 69.7 Å². The van der Waals surface area contributed by atoms with Crippen LogP contribution >= 0.6 is 0 Å². The summed E-state index contributed by atoms with van der Waals surface area (Å²) in [5.74, 6) is 8.83. The van der Waals surface area contributed by atoms with E-state index in [-0.39, 0.29) is 6.04 Å². The summed E-state index contributed by atoms with van der Waals surface area (Å²) in [6.45, 7) is 3.25. The van der Waals surface area contributed by atoms with Gasteiger partial charge in [0.2, 0.25) is 0 Å². The number of ether oxygens (including phenoxy) is 2. The lowest BCUT2D eigenvalue weighted by Crippen LogP contribution is -2.28. The van der Waals surface area contributed by atoms with Gasteiger partial charge in [-0.05, 0) is 36.8 Å². The molecule has 0 bridgehead atoms. The van der Waals surface area contributed by atoms with Crippen LogP contribution in [0.3, 0.4) is 0 Å². The Morgan fingerprint density at radius 2 is 1.90 bits per heavy atom. The Balaban J connectivity index is 1.94. The van der Waals surface area contributed by atoms with Gasteiger partial charge >= 0.3 is 0 Å². The molecule has 1 aromatic heterocycles. The van der Waals surface area contributed by atoms with E-state index >= 15 is 0 Å². The molecular weight excluding hydrogens is 256 g/mol. The van der Waals surface area contributed by atoms with Gasteiger partial charge in [-0.3, -0.25) is 5.84 Å². The zero-order valence-electron chi connectivity index (χ0n) is 11.4. The molecule has 20 heavy (non-hydrogen) atoms. The fourth-order valence-corrected chi connectivity index (χ4v) is 2.31. The van der Waals surface area contributed by atoms with Crippen molar-refractivity contribution in [2.24, 2.45) is 5.84 Å². The predicted molar refractivity (Wildman–Crippen MR) is 74.7 cm³/mol. The van der Waals surface area contributed by atoms with E-state index in [0.717, 1.165) is 35.0 Å². The van der Waals surface area contributed by atoms with Gasteiger partial charge in [0.05, 0.1) is 13.2 Å². The number of fused-ring (bicyclic) bond motifs is 1. The Morgan fingerprint density at radius 1 is 1.10 bits per heavy atom. The highest BCUT2D eigenvalue weighted by molar-refractivity contribution is 5.45. The molecule has 1 unspecified atom stereocenters. The first-order valence-electron chi connectivity index (χ1n) is 6.70. The molecule has 0 radical (unpaired) electrons. The highest BCUT2D eigenvalue weighted by atomic mass is 16.5. The second kappa shape index (κ2) is 5.56. The van der Waals surface area contributed by atoms with Crippen molar-refractivity contribution in [1.82, 2.24) is 5.43 Å². The van der Waals surface area contributed by atoms with Crippen LogP contribution in [0.1, 0.15) is 29.5 Å². The zero-order chi connectivity index (χ0) is 13.9. The summed E-state index contributed by atoms with van der Waals surface area (Å²) in [4.78, 5) is 0.